The van der Waals surface area contributed by atoms with Crippen molar-refractivity contribution in [1.29, 1.82) is 0 Å². The fraction of sp³-hybridized carbons (Fsp3) is 0.400. The minimum absolute atomic E-state index is 0.510. The molecule has 2 aromatic heterocycles. The summed E-state index contributed by atoms with van der Waals surface area (Å²) < 4.78 is 1.79. The van der Waals surface area contributed by atoms with Gasteiger partial charge in [0.2, 0.25) is 0 Å². The van der Waals surface area contributed by atoms with Crippen molar-refractivity contribution < 1.29 is 0 Å². The first-order chi connectivity index (χ1) is 6.79. The Bertz CT molecular complexity index is 421. The summed E-state index contributed by atoms with van der Waals surface area (Å²) in [5.74, 6) is 0.510. The predicted octanol–water partition coefficient (Wildman–Crippen LogP) is 0.867. The Morgan fingerprint density at radius 3 is 3.14 bits per heavy atom. The lowest BCUT2D eigenvalue weighted by atomic mass is 10.0. The van der Waals surface area contributed by atoms with Crippen molar-refractivity contribution in [3.05, 3.63) is 30.2 Å². The molecule has 2 aromatic rings. The summed E-state index contributed by atoms with van der Waals surface area (Å²) in [6, 6.07) is 4.06. The monoisotopic (exact) mass is 190 g/mol. The van der Waals surface area contributed by atoms with Crippen LogP contribution in [-0.2, 0) is 6.42 Å². The summed E-state index contributed by atoms with van der Waals surface area (Å²) in [5.41, 5.74) is 7.71. The van der Waals surface area contributed by atoms with Gasteiger partial charge in [0.1, 0.15) is 6.33 Å². The average molecular weight is 190 g/mol. The van der Waals surface area contributed by atoms with Crippen LogP contribution in [0.1, 0.15) is 12.5 Å². The topological polar surface area (TPSA) is 56.2 Å². The van der Waals surface area contributed by atoms with Crippen LogP contribution in [0, 0.1) is 5.92 Å². The van der Waals surface area contributed by atoms with E-state index in [2.05, 4.69) is 23.1 Å². The van der Waals surface area contributed by atoms with Gasteiger partial charge in [0, 0.05) is 6.20 Å². The van der Waals surface area contributed by atoms with E-state index >= 15 is 0 Å². The molecule has 0 spiro atoms. The Hall–Kier alpha value is -1.42. The highest BCUT2D eigenvalue weighted by Crippen LogP contribution is 2.08. The summed E-state index contributed by atoms with van der Waals surface area (Å²) in [6.07, 6.45) is 4.56. The molecule has 1 atom stereocenters. The highest BCUT2D eigenvalue weighted by Gasteiger charge is 2.02. The van der Waals surface area contributed by atoms with Crippen LogP contribution in [0.3, 0.4) is 0 Å². The molecule has 4 nitrogen and oxygen atoms in total. The van der Waals surface area contributed by atoms with E-state index in [1.54, 1.807) is 10.8 Å². The smallest absolute Gasteiger partial charge is 0.155 e. The molecule has 2 rings (SSSR count). The summed E-state index contributed by atoms with van der Waals surface area (Å²) in [6.45, 7) is 2.86. The van der Waals surface area contributed by atoms with Crippen LogP contribution in [0.4, 0.5) is 0 Å². The maximum Gasteiger partial charge on any atom is 0.155 e. The van der Waals surface area contributed by atoms with E-state index in [4.69, 9.17) is 5.73 Å². The van der Waals surface area contributed by atoms with Gasteiger partial charge in [0.05, 0.1) is 0 Å². The molecule has 0 radical (unpaired) electrons. The van der Waals surface area contributed by atoms with Crippen LogP contribution in [0.15, 0.2) is 24.7 Å². The maximum atomic E-state index is 5.58. The third kappa shape index (κ3) is 1.75. The Labute approximate surface area is 82.8 Å². The van der Waals surface area contributed by atoms with E-state index in [9.17, 15) is 0 Å². The third-order valence-corrected chi connectivity index (χ3v) is 2.32. The number of nitrogens with two attached hydrogens (primary N) is 1. The van der Waals surface area contributed by atoms with E-state index in [0.717, 1.165) is 18.6 Å². The lowest BCUT2D eigenvalue weighted by Gasteiger charge is -2.07. The lowest BCUT2D eigenvalue weighted by molar-refractivity contribution is 0.591. The molecule has 1 unspecified atom stereocenters. The Balaban J connectivity index is 2.25. The first kappa shape index (κ1) is 9.15. The molecule has 0 aliphatic carbocycles. The van der Waals surface area contributed by atoms with Crippen molar-refractivity contribution in [2.24, 2.45) is 11.7 Å². The average Bonchev–Trinajstić information content (AvgIpc) is 2.64. The molecule has 0 saturated carbocycles. The number of pyridine rings is 1. The van der Waals surface area contributed by atoms with E-state index < -0.39 is 0 Å². The van der Waals surface area contributed by atoms with Gasteiger partial charge in [-0.15, -0.1) is 0 Å². The van der Waals surface area contributed by atoms with Gasteiger partial charge in [-0.1, -0.05) is 13.0 Å². The number of hydrogen-bond acceptors (Lipinski definition) is 3. The van der Waals surface area contributed by atoms with Gasteiger partial charge >= 0.3 is 0 Å². The molecule has 0 saturated heterocycles. The van der Waals surface area contributed by atoms with Gasteiger partial charge in [-0.05, 0) is 30.5 Å². The number of rotatable bonds is 3. The summed E-state index contributed by atoms with van der Waals surface area (Å²) in [5, 5.41) is 4.09. The molecule has 0 fully saturated rings. The van der Waals surface area contributed by atoms with Crippen LogP contribution in [0.2, 0.25) is 0 Å². The molecule has 0 aliphatic rings. The molecule has 4 heteroatoms. The van der Waals surface area contributed by atoms with Crippen LogP contribution in [0.25, 0.3) is 5.65 Å². The number of nitrogens with zero attached hydrogens (tertiary/aromatic N) is 3. The quantitative estimate of drug-likeness (QED) is 0.781. The summed E-state index contributed by atoms with van der Waals surface area (Å²) in [4.78, 5) is 4.09. The van der Waals surface area contributed by atoms with Gasteiger partial charge in [-0.2, -0.15) is 5.10 Å². The molecule has 0 aromatic carbocycles. The number of fused-ring (bicyclic) bond motifs is 1. The zero-order chi connectivity index (χ0) is 9.97. The molecular weight excluding hydrogens is 176 g/mol. The van der Waals surface area contributed by atoms with Gasteiger partial charge in [0.25, 0.3) is 0 Å². The lowest BCUT2D eigenvalue weighted by Crippen LogP contribution is -2.13. The van der Waals surface area contributed by atoms with Crippen molar-refractivity contribution in [2.75, 3.05) is 6.54 Å². The standard InChI is InChI=1S/C10H14N4/c1-8(5-11)4-9-2-3-10-12-7-13-14(10)6-9/h2-3,6-8H,4-5,11H2,1H3. The fourth-order valence-electron chi connectivity index (χ4n) is 1.47. The molecule has 2 heterocycles. The van der Waals surface area contributed by atoms with Crippen molar-refractivity contribution in [2.45, 2.75) is 13.3 Å². The van der Waals surface area contributed by atoms with Gasteiger partial charge in [-0.3, -0.25) is 0 Å². The minimum atomic E-state index is 0.510. The second-order valence-corrected chi connectivity index (χ2v) is 3.65. The molecule has 14 heavy (non-hydrogen) atoms. The number of aromatic nitrogens is 3. The molecular formula is C10H14N4. The van der Waals surface area contributed by atoms with E-state index in [-0.39, 0.29) is 0 Å². The molecule has 2 N–H and O–H groups in total. The molecule has 0 bridgehead atoms. The normalized spacial score (nSPS) is 13.3. The Kier molecular flexibility index (Phi) is 2.45. The van der Waals surface area contributed by atoms with Crippen molar-refractivity contribution >= 4 is 5.65 Å². The van der Waals surface area contributed by atoms with Crippen LogP contribution in [-0.4, -0.2) is 21.1 Å². The SMILES string of the molecule is CC(CN)Cc1ccc2ncnn2c1. The Morgan fingerprint density at radius 2 is 2.36 bits per heavy atom. The highest BCUT2D eigenvalue weighted by molar-refractivity contribution is 5.37. The van der Waals surface area contributed by atoms with Crippen molar-refractivity contribution in [1.82, 2.24) is 14.6 Å². The maximum absolute atomic E-state index is 5.58. The minimum Gasteiger partial charge on any atom is -0.330 e. The molecule has 0 aliphatic heterocycles. The van der Waals surface area contributed by atoms with E-state index in [1.165, 1.54) is 5.56 Å². The van der Waals surface area contributed by atoms with E-state index in [0.29, 0.717) is 5.92 Å². The van der Waals surface area contributed by atoms with Crippen LogP contribution < -0.4 is 5.73 Å². The predicted molar refractivity (Wildman–Crippen MR) is 54.9 cm³/mol. The fourth-order valence-corrected chi connectivity index (χ4v) is 1.47. The molecule has 0 amide bonds. The molecule has 74 valence electrons. The van der Waals surface area contributed by atoms with Gasteiger partial charge in [-0.25, -0.2) is 9.50 Å². The van der Waals surface area contributed by atoms with Crippen LogP contribution in [0.5, 0.6) is 0 Å². The zero-order valence-corrected chi connectivity index (χ0v) is 8.22. The first-order valence-electron chi connectivity index (χ1n) is 4.78. The van der Waals surface area contributed by atoms with Gasteiger partial charge < -0.3 is 5.73 Å². The second kappa shape index (κ2) is 3.75. The van der Waals surface area contributed by atoms with Gasteiger partial charge in [0.15, 0.2) is 5.65 Å². The first-order valence-corrected chi connectivity index (χ1v) is 4.78. The zero-order valence-electron chi connectivity index (χ0n) is 8.22. The highest BCUT2D eigenvalue weighted by atomic mass is 15.3. The van der Waals surface area contributed by atoms with Crippen molar-refractivity contribution in [3.8, 4) is 0 Å². The number of hydrogen-bond donors (Lipinski definition) is 1. The van der Waals surface area contributed by atoms with E-state index in [1.807, 2.05) is 12.3 Å². The third-order valence-electron chi connectivity index (χ3n) is 2.32. The summed E-state index contributed by atoms with van der Waals surface area (Å²) >= 11 is 0. The second-order valence-electron chi connectivity index (χ2n) is 3.65. The largest absolute Gasteiger partial charge is 0.330 e. The Morgan fingerprint density at radius 1 is 1.50 bits per heavy atom. The van der Waals surface area contributed by atoms with Crippen LogP contribution >= 0.6 is 0 Å². The van der Waals surface area contributed by atoms with Crippen molar-refractivity contribution in [3.63, 3.8) is 0 Å². The summed E-state index contributed by atoms with van der Waals surface area (Å²) in [7, 11) is 0.